The number of nitrogens with one attached hydrogen (secondary N) is 2. The normalized spacial score (nSPS) is 11.1. The number of hydroxylamine groups is 1. The first-order chi connectivity index (χ1) is 8.69. The summed E-state index contributed by atoms with van der Waals surface area (Å²) in [5.74, 6) is 0.450. The van der Waals surface area contributed by atoms with E-state index < -0.39 is 0 Å². The molecule has 19 heavy (non-hydrogen) atoms. The van der Waals surface area contributed by atoms with Gasteiger partial charge in [-0.15, -0.1) is 0 Å². The zero-order valence-electron chi connectivity index (χ0n) is 11.6. The van der Waals surface area contributed by atoms with Crippen molar-refractivity contribution in [1.29, 1.82) is 5.41 Å². The number of quaternary nitrogens is 1. The van der Waals surface area contributed by atoms with Crippen LogP contribution < -0.4 is 67.9 Å². The molecule has 0 aliphatic heterocycles. The molecule has 7 heteroatoms. The Hall–Kier alpha value is -0.414. The molecule has 0 radical (unpaired) electrons. The van der Waals surface area contributed by atoms with Crippen molar-refractivity contribution in [2.45, 2.75) is 6.54 Å². The maximum absolute atomic E-state index is 7.48. The summed E-state index contributed by atoms with van der Waals surface area (Å²) in [4.78, 5) is 4.90. The number of nitrogens with two attached hydrogens (primary N) is 2. The fraction of sp³-hybridized carbons (Fsp3) is 0.250. The smallest absolute Gasteiger partial charge is 0.472 e. The maximum atomic E-state index is 7.48. The van der Waals surface area contributed by atoms with Crippen LogP contribution in [0.5, 0.6) is 0 Å². The molecule has 98 valence electrons. The summed E-state index contributed by atoms with van der Waals surface area (Å²) in [6.07, 6.45) is 0. The number of nitrogens with zero attached hydrogens (tertiary/aromatic N) is 1. The van der Waals surface area contributed by atoms with Crippen molar-refractivity contribution in [3.8, 4) is 0 Å². The molecule has 6 nitrogen and oxygen atoms in total. The maximum Gasteiger partial charge on any atom is 1.00 e. The van der Waals surface area contributed by atoms with Gasteiger partial charge in [0.05, 0.1) is 7.11 Å². The van der Waals surface area contributed by atoms with E-state index in [1.54, 1.807) is 7.05 Å². The minimum absolute atomic E-state index is 0. The van der Waals surface area contributed by atoms with Crippen molar-refractivity contribution < 1.29 is 61.7 Å². The van der Waals surface area contributed by atoms with Gasteiger partial charge in [0.1, 0.15) is 0 Å². The van der Waals surface area contributed by atoms with Gasteiger partial charge in [-0.1, -0.05) is 37.4 Å². The molecule has 1 rings (SSSR count). The molecular formula is C12H19KN5O+. The minimum atomic E-state index is -0.0852. The Bertz CT molecular complexity index is 421. The quantitative estimate of drug-likeness (QED) is 0.186. The second-order valence-corrected chi connectivity index (χ2v) is 3.59. The Morgan fingerprint density at radius 1 is 1.42 bits per heavy atom. The number of hydrogen-bond donors (Lipinski definition) is 4. The molecular weight excluding hydrogens is 269 g/mol. The SMILES string of the molecule is C[N-]/C(NCc1ccccc1)=C(/[NH2+]OC)C(=N)N.[K+]. The summed E-state index contributed by atoms with van der Waals surface area (Å²) >= 11 is 0. The van der Waals surface area contributed by atoms with Crippen LogP contribution in [0.1, 0.15) is 5.56 Å². The van der Waals surface area contributed by atoms with Crippen LogP contribution in [0, 0.1) is 5.41 Å². The van der Waals surface area contributed by atoms with Crippen LogP contribution in [0.25, 0.3) is 5.32 Å². The minimum Gasteiger partial charge on any atom is -0.472 e. The second-order valence-electron chi connectivity index (χ2n) is 3.59. The van der Waals surface area contributed by atoms with Crippen LogP contribution in [0.15, 0.2) is 41.8 Å². The third-order valence-electron chi connectivity index (χ3n) is 2.31. The monoisotopic (exact) mass is 288 g/mol. The van der Waals surface area contributed by atoms with E-state index in [1.807, 2.05) is 30.3 Å². The van der Waals surface area contributed by atoms with Gasteiger partial charge in [0, 0.05) is 5.82 Å². The van der Waals surface area contributed by atoms with Crippen molar-refractivity contribution in [3.63, 3.8) is 0 Å². The molecule has 1 aromatic carbocycles. The van der Waals surface area contributed by atoms with Gasteiger partial charge < -0.3 is 16.4 Å². The van der Waals surface area contributed by atoms with Crippen molar-refractivity contribution in [3.05, 3.63) is 52.7 Å². The third kappa shape index (κ3) is 6.53. The molecule has 0 aliphatic carbocycles. The van der Waals surface area contributed by atoms with E-state index in [9.17, 15) is 0 Å². The summed E-state index contributed by atoms with van der Waals surface area (Å²) in [6, 6.07) is 9.92. The molecule has 0 saturated heterocycles. The summed E-state index contributed by atoms with van der Waals surface area (Å²) in [5, 5.41) is 14.7. The summed E-state index contributed by atoms with van der Waals surface area (Å²) in [7, 11) is 3.15. The molecule has 0 atom stereocenters. The zero-order chi connectivity index (χ0) is 13.4. The van der Waals surface area contributed by atoms with Crippen LogP contribution >= 0.6 is 0 Å². The van der Waals surface area contributed by atoms with E-state index in [0.717, 1.165) is 5.56 Å². The standard InChI is InChI=1S/C12H18N5O.K/c1-15-12(10(11(13)14)17-18-2)16-8-9-6-4-3-5-7-9;/h3-7,16-17H,8H2,1-2H3,(H3,13,14);/q-1;+1/p+1/b12-10-;. The average molecular weight is 288 g/mol. The molecule has 0 heterocycles. The van der Waals surface area contributed by atoms with Crippen molar-refractivity contribution in [1.82, 2.24) is 5.32 Å². The van der Waals surface area contributed by atoms with E-state index in [1.165, 1.54) is 12.6 Å². The molecule has 1 aromatic rings. The second kappa shape index (κ2) is 10.4. The molecule has 0 fully saturated rings. The number of rotatable bonds is 7. The number of benzene rings is 1. The zero-order valence-corrected chi connectivity index (χ0v) is 14.7. The van der Waals surface area contributed by atoms with Crippen LogP contribution in [0.4, 0.5) is 0 Å². The van der Waals surface area contributed by atoms with Crippen molar-refractivity contribution >= 4 is 5.84 Å². The summed E-state index contributed by atoms with van der Waals surface area (Å²) in [6.45, 7) is 0.613. The fourth-order valence-corrected chi connectivity index (χ4v) is 1.44. The number of hydrogen-bond acceptors (Lipinski definition) is 3. The Morgan fingerprint density at radius 2 is 2.05 bits per heavy atom. The van der Waals surface area contributed by atoms with Gasteiger partial charge in [0.15, 0.2) is 5.84 Å². The van der Waals surface area contributed by atoms with Gasteiger partial charge in [-0.3, -0.25) is 5.41 Å². The molecule has 0 saturated carbocycles. The predicted octanol–water partition coefficient (Wildman–Crippen LogP) is -2.99. The van der Waals surface area contributed by atoms with Gasteiger partial charge in [0.2, 0.25) is 5.70 Å². The first kappa shape index (κ1) is 18.6. The van der Waals surface area contributed by atoms with Crippen LogP contribution in [0.2, 0.25) is 0 Å². The van der Waals surface area contributed by atoms with Gasteiger partial charge >= 0.3 is 51.4 Å². The van der Waals surface area contributed by atoms with Crippen LogP contribution in [0.3, 0.4) is 0 Å². The van der Waals surface area contributed by atoms with Gasteiger partial charge in [-0.05, 0) is 12.1 Å². The summed E-state index contributed by atoms with van der Waals surface area (Å²) < 4.78 is 0. The van der Waals surface area contributed by atoms with Crippen LogP contribution in [-0.4, -0.2) is 20.0 Å². The Kier molecular flexibility index (Phi) is 10.2. The van der Waals surface area contributed by atoms with Crippen LogP contribution in [-0.2, 0) is 11.4 Å². The molecule has 6 N–H and O–H groups in total. The average Bonchev–Trinajstić information content (AvgIpc) is 2.39. The molecule has 0 aliphatic rings. The van der Waals surface area contributed by atoms with E-state index in [0.29, 0.717) is 18.1 Å². The molecule has 0 aromatic heterocycles. The largest absolute Gasteiger partial charge is 1.00 e. The van der Waals surface area contributed by atoms with Gasteiger partial charge in [0.25, 0.3) is 0 Å². The Balaban J connectivity index is 0.00000324. The Labute approximate surface area is 156 Å². The molecule has 0 spiro atoms. The number of amidine groups is 1. The van der Waals surface area contributed by atoms with E-state index in [2.05, 4.69) is 10.6 Å². The third-order valence-corrected chi connectivity index (χ3v) is 2.31. The van der Waals surface area contributed by atoms with E-state index in [4.69, 9.17) is 16.0 Å². The molecule has 0 unspecified atom stereocenters. The fourth-order valence-electron chi connectivity index (χ4n) is 1.44. The first-order valence-corrected chi connectivity index (χ1v) is 5.51. The van der Waals surface area contributed by atoms with E-state index >= 15 is 0 Å². The predicted molar refractivity (Wildman–Crippen MR) is 70.4 cm³/mol. The Morgan fingerprint density at radius 3 is 2.53 bits per heavy atom. The van der Waals surface area contributed by atoms with Crippen molar-refractivity contribution in [2.75, 3.05) is 14.2 Å². The van der Waals surface area contributed by atoms with Gasteiger partial charge in [-0.25, -0.2) is 4.84 Å². The van der Waals surface area contributed by atoms with Crippen molar-refractivity contribution in [2.24, 2.45) is 5.73 Å². The van der Waals surface area contributed by atoms with Gasteiger partial charge in [-0.2, -0.15) is 5.48 Å². The first-order valence-electron chi connectivity index (χ1n) is 5.51. The molecule has 0 bridgehead atoms. The molecule has 0 amide bonds. The summed E-state index contributed by atoms with van der Waals surface area (Å²) in [5.41, 5.74) is 8.45. The van der Waals surface area contributed by atoms with E-state index in [-0.39, 0.29) is 57.2 Å². The topological polar surface area (TPSA) is 102 Å².